The third-order valence-electron chi connectivity index (χ3n) is 2.43. The molecule has 0 aliphatic heterocycles. The molecule has 0 spiro atoms. The molecule has 0 aromatic heterocycles. The number of rotatable bonds is 5. The summed E-state index contributed by atoms with van der Waals surface area (Å²) in [6.45, 7) is 2.13. The van der Waals surface area contributed by atoms with E-state index in [1.807, 2.05) is 0 Å². The second kappa shape index (κ2) is 5.29. The fraction of sp³-hybridized carbons (Fsp3) is 0.364. The zero-order chi connectivity index (χ0) is 13.1. The highest BCUT2D eigenvalue weighted by molar-refractivity contribution is 7.89. The van der Waals surface area contributed by atoms with Crippen molar-refractivity contribution in [3.05, 3.63) is 29.8 Å². The molecular weight excluding hydrogens is 242 g/mol. The predicted molar refractivity (Wildman–Crippen MR) is 63.3 cm³/mol. The topological polar surface area (TPSA) is 74.7 Å². The highest BCUT2D eigenvalue weighted by Gasteiger charge is 2.18. The monoisotopic (exact) mass is 257 g/mol. The van der Waals surface area contributed by atoms with Crippen molar-refractivity contribution in [2.75, 3.05) is 13.6 Å². The molecule has 5 nitrogen and oxygen atoms in total. The number of hydrogen-bond donors (Lipinski definition) is 1. The third kappa shape index (κ3) is 3.28. The normalized spacial score (nSPS) is 11.7. The Morgan fingerprint density at radius 1 is 1.29 bits per heavy atom. The standard InChI is InChI=1S/C11H15NO4S/c1-3-12(2)17(15,16)10-6-4-9(5-7-10)8-11(13)14/h4-7H,3,8H2,1-2H3,(H,13,14). The molecule has 0 bridgehead atoms. The average Bonchev–Trinajstić information content (AvgIpc) is 2.27. The van der Waals surface area contributed by atoms with Crippen LogP contribution in [0.25, 0.3) is 0 Å². The van der Waals surface area contributed by atoms with Crippen molar-refractivity contribution >= 4 is 16.0 Å². The Morgan fingerprint density at radius 3 is 2.24 bits per heavy atom. The van der Waals surface area contributed by atoms with E-state index in [4.69, 9.17) is 5.11 Å². The minimum absolute atomic E-state index is 0.107. The summed E-state index contributed by atoms with van der Waals surface area (Å²) in [5, 5.41) is 8.60. The molecule has 0 aliphatic rings. The van der Waals surface area contributed by atoms with E-state index in [0.717, 1.165) is 0 Å². The Bertz CT molecular complexity index is 493. The summed E-state index contributed by atoms with van der Waals surface area (Å²) in [4.78, 5) is 10.7. The van der Waals surface area contributed by atoms with Crippen LogP contribution in [0.1, 0.15) is 12.5 Å². The lowest BCUT2D eigenvalue weighted by atomic mass is 10.2. The predicted octanol–water partition coefficient (Wildman–Crippen LogP) is 0.954. The van der Waals surface area contributed by atoms with E-state index >= 15 is 0 Å². The van der Waals surface area contributed by atoms with Gasteiger partial charge < -0.3 is 5.11 Å². The van der Waals surface area contributed by atoms with Gasteiger partial charge in [-0.25, -0.2) is 12.7 Å². The Labute approximate surface area is 101 Å². The molecule has 0 aliphatic carbocycles. The Kier molecular flexibility index (Phi) is 4.25. The van der Waals surface area contributed by atoms with E-state index < -0.39 is 16.0 Å². The van der Waals surface area contributed by atoms with Gasteiger partial charge in [0.15, 0.2) is 0 Å². The highest BCUT2D eigenvalue weighted by atomic mass is 32.2. The van der Waals surface area contributed by atoms with E-state index in [-0.39, 0.29) is 11.3 Å². The maximum atomic E-state index is 11.9. The Hall–Kier alpha value is -1.40. The summed E-state index contributed by atoms with van der Waals surface area (Å²) in [7, 11) is -1.95. The molecule has 0 fully saturated rings. The second-order valence-corrected chi connectivity index (χ2v) is 5.68. The van der Waals surface area contributed by atoms with Crippen molar-refractivity contribution in [1.82, 2.24) is 4.31 Å². The van der Waals surface area contributed by atoms with E-state index in [1.54, 1.807) is 6.92 Å². The lowest BCUT2D eigenvalue weighted by Gasteiger charge is -2.14. The molecule has 0 saturated carbocycles. The lowest BCUT2D eigenvalue weighted by Crippen LogP contribution is -2.26. The minimum Gasteiger partial charge on any atom is -0.481 e. The first-order valence-electron chi connectivity index (χ1n) is 5.15. The SMILES string of the molecule is CCN(C)S(=O)(=O)c1ccc(CC(=O)O)cc1. The summed E-state index contributed by atoms with van der Waals surface area (Å²) in [5.74, 6) is -0.939. The first-order chi connectivity index (χ1) is 7.87. The fourth-order valence-electron chi connectivity index (χ4n) is 1.30. The average molecular weight is 257 g/mol. The maximum Gasteiger partial charge on any atom is 0.307 e. The van der Waals surface area contributed by atoms with Gasteiger partial charge in [-0.2, -0.15) is 0 Å². The third-order valence-corrected chi connectivity index (χ3v) is 4.38. The number of nitrogens with zero attached hydrogens (tertiary/aromatic N) is 1. The van der Waals surface area contributed by atoms with Crippen molar-refractivity contribution in [1.29, 1.82) is 0 Å². The largest absolute Gasteiger partial charge is 0.481 e. The van der Waals surface area contributed by atoms with E-state index in [9.17, 15) is 13.2 Å². The van der Waals surface area contributed by atoms with Crippen LogP contribution in [0.4, 0.5) is 0 Å². The Morgan fingerprint density at radius 2 is 1.82 bits per heavy atom. The molecule has 1 N–H and O–H groups in total. The van der Waals surface area contributed by atoms with Crippen LogP contribution < -0.4 is 0 Å². The minimum atomic E-state index is -3.45. The summed E-state index contributed by atoms with van der Waals surface area (Å²) in [5.41, 5.74) is 0.579. The van der Waals surface area contributed by atoms with E-state index in [1.165, 1.54) is 35.6 Å². The van der Waals surface area contributed by atoms with Crippen molar-refractivity contribution in [3.8, 4) is 0 Å². The van der Waals surface area contributed by atoms with Crippen LogP contribution in [0.5, 0.6) is 0 Å². The van der Waals surface area contributed by atoms with Crippen molar-refractivity contribution in [2.45, 2.75) is 18.2 Å². The van der Waals surface area contributed by atoms with Gasteiger partial charge in [0.2, 0.25) is 10.0 Å². The van der Waals surface area contributed by atoms with Crippen LogP contribution >= 0.6 is 0 Å². The van der Waals surface area contributed by atoms with Crippen LogP contribution in [-0.2, 0) is 21.2 Å². The van der Waals surface area contributed by atoms with Gasteiger partial charge in [0.1, 0.15) is 0 Å². The van der Waals surface area contributed by atoms with Gasteiger partial charge in [-0.3, -0.25) is 4.79 Å². The molecule has 1 rings (SSSR count). The first kappa shape index (κ1) is 13.7. The summed E-state index contributed by atoms with van der Waals surface area (Å²) in [6, 6.07) is 5.90. The van der Waals surface area contributed by atoms with Gasteiger partial charge in [0.25, 0.3) is 0 Å². The molecule has 0 amide bonds. The van der Waals surface area contributed by atoms with Gasteiger partial charge >= 0.3 is 5.97 Å². The summed E-state index contributed by atoms with van der Waals surface area (Å²) in [6.07, 6.45) is -0.107. The van der Waals surface area contributed by atoms with Crippen LogP contribution in [0.2, 0.25) is 0 Å². The van der Waals surface area contributed by atoms with Crippen LogP contribution in [-0.4, -0.2) is 37.4 Å². The molecule has 0 atom stereocenters. The zero-order valence-corrected chi connectivity index (χ0v) is 10.6. The maximum absolute atomic E-state index is 11.9. The van der Waals surface area contributed by atoms with Gasteiger partial charge in [0.05, 0.1) is 11.3 Å². The molecule has 1 aromatic carbocycles. The molecule has 17 heavy (non-hydrogen) atoms. The van der Waals surface area contributed by atoms with Crippen molar-refractivity contribution in [2.24, 2.45) is 0 Å². The van der Waals surface area contributed by atoms with E-state index in [2.05, 4.69) is 0 Å². The number of carbonyl (C=O) groups is 1. The number of carboxylic acids is 1. The molecule has 0 radical (unpaired) electrons. The highest BCUT2D eigenvalue weighted by Crippen LogP contribution is 2.15. The Balaban J connectivity index is 2.99. The number of aliphatic carboxylic acids is 1. The van der Waals surface area contributed by atoms with Crippen LogP contribution in [0, 0.1) is 0 Å². The van der Waals surface area contributed by atoms with Gasteiger partial charge in [-0.15, -0.1) is 0 Å². The number of benzene rings is 1. The molecule has 0 heterocycles. The van der Waals surface area contributed by atoms with Crippen LogP contribution in [0.15, 0.2) is 29.2 Å². The molecule has 0 unspecified atom stereocenters. The van der Waals surface area contributed by atoms with Crippen molar-refractivity contribution < 1.29 is 18.3 Å². The quantitative estimate of drug-likeness (QED) is 0.852. The van der Waals surface area contributed by atoms with Gasteiger partial charge in [0, 0.05) is 13.6 Å². The number of hydrogen-bond acceptors (Lipinski definition) is 3. The van der Waals surface area contributed by atoms with Crippen molar-refractivity contribution in [3.63, 3.8) is 0 Å². The van der Waals surface area contributed by atoms with Gasteiger partial charge in [-0.05, 0) is 17.7 Å². The summed E-state index contributed by atoms with van der Waals surface area (Å²) >= 11 is 0. The lowest BCUT2D eigenvalue weighted by molar-refractivity contribution is -0.136. The number of carboxylic acid groups (broad SMARTS) is 1. The molecule has 0 saturated heterocycles. The fourth-order valence-corrected chi connectivity index (χ4v) is 2.48. The zero-order valence-electron chi connectivity index (χ0n) is 9.75. The molecule has 94 valence electrons. The van der Waals surface area contributed by atoms with E-state index in [0.29, 0.717) is 12.1 Å². The summed E-state index contributed by atoms with van der Waals surface area (Å²) < 4.78 is 25.0. The number of sulfonamides is 1. The van der Waals surface area contributed by atoms with Gasteiger partial charge in [-0.1, -0.05) is 19.1 Å². The first-order valence-corrected chi connectivity index (χ1v) is 6.59. The molecule has 6 heteroatoms. The molecule has 1 aromatic rings. The second-order valence-electron chi connectivity index (χ2n) is 3.63. The van der Waals surface area contributed by atoms with Crippen LogP contribution in [0.3, 0.4) is 0 Å². The smallest absolute Gasteiger partial charge is 0.307 e. The molecular formula is C11H15NO4S.